The van der Waals surface area contributed by atoms with Crippen LogP contribution in [0.5, 0.6) is 0 Å². The highest BCUT2D eigenvalue weighted by Gasteiger charge is 2.13. The molecule has 0 saturated heterocycles. The molecule has 9 heteroatoms. The van der Waals surface area contributed by atoms with Crippen molar-refractivity contribution in [2.45, 2.75) is 10.9 Å². The molecular weight excluding hydrogens is 376 g/mol. The van der Waals surface area contributed by atoms with Crippen LogP contribution in [0, 0.1) is 0 Å². The second kappa shape index (κ2) is 7.97. The van der Waals surface area contributed by atoms with Crippen LogP contribution in [0.25, 0.3) is 10.9 Å². The molecule has 0 atom stereocenters. The molecule has 0 unspecified atom stereocenters. The lowest BCUT2D eigenvalue weighted by Gasteiger charge is -2.07. The number of rotatable bonds is 5. The lowest BCUT2D eigenvalue weighted by molar-refractivity contribution is 0.0847. The largest absolute Gasteiger partial charge is 0.360 e. The van der Waals surface area contributed by atoms with Gasteiger partial charge in [-0.3, -0.25) is 25.5 Å². The van der Waals surface area contributed by atoms with E-state index in [1.165, 1.54) is 18.1 Å². The predicted octanol–water partition coefficient (Wildman–Crippen LogP) is 2.65. The zero-order valence-corrected chi connectivity index (χ0v) is 15.4. The number of hydrogen-bond donors (Lipinski definition) is 4. The number of aromatic amines is 2. The van der Waals surface area contributed by atoms with Crippen molar-refractivity contribution in [3.63, 3.8) is 0 Å². The van der Waals surface area contributed by atoms with Crippen LogP contribution in [0.15, 0.2) is 66.2 Å². The molecule has 2 aromatic heterocycles. The third kappa shape index (κ3) is 3.89. The summed E-state index contributed by atoms with van der Waals surface area (Å²) < 4.78 is 0. The summed E-state index contributed by atoms with van der Waals surface area (Å²) >= 11 is 1.52. The van der Waals surface area contributed by atoms with Crippen molar-refractivity contribution >= 4 is 34.5 Å². The number of thioether (sulfide) groups is 1. The standard InChI is InChI=1S/C19H16N6O2S/c26-17(13-7-5-12(6-8-13)10-28-19-21-11-22-25-19)23-24-18(27)15-9-20-16-4-2-1-3-14(15)16/h1-9,11,20H,10H2,(H,23,26)(H,24,27)(H,21,22,25). The summed E-state index contributed by atoms with van der Waals surface area (Å²) in [6.45, 7) is 0. The SMILES string of the molecule is O=C(NNC(=O)c1c[nH]c2ccccc12)c1ccc(CSc2ncn[nH]2)cc1. The molecule has 2 amide bonds. The van der Waals surface area contributed by atoms with Crippen LogP contribution in [0.3, 0.4) is 0 Å². The van der Waals surface area contributed by atoms with Crippen LogP contribution >= 0.6 is 11.8 Å². The second-order valence-electron chi connectivity index (χ2n) is 5.93. The van der Waals surface area contributed by atoms with Gasteiger partial charge in [-0.05, 0) is 23.8 Å². The van der Waals surface area contributed by atoms with Gasteiger partial charge in [0.15, 0.2) is 5.16 Å². The van der Waals surface area contributed by atoms with Gasteiger partial charge in [0, 0.05) is 28.4 Å². The molecule has 8 nitrogen and oxygen atoms in total. The van der Waals surface area contributed by atoms with E-state index in [2.05, 4.69) is 31.0 Å². The Bertz CT molecular complexity index is 1110. The van der Waals surface area contributed by atoms with Crippen LogP contribution < -0.4 is 10.9 Å². The summed E-state index contributed by atoms with van der Waals surface area (Å²) in [6, 6.07) is 14.6. The average molecular weight is 392 g/mol. The molecule has 0 aliphatic carbocycles. The smallest absolute Gasteiger partial charge is 0.271 e. The number of benzene rings is 2. The van der Waals surface area contributed by atoms with E-state index in [0.29, 0.717) is 16.9 Å². The summed E-state index contributed by atoms with van der Waals surface area (Å²) in [7, 11) is 0. The van der Waals surface area contributed by atoms with Crippen molar-refractivity contribution < 1.29 is 9.59 Å². The van der Waals surface area contributed by atoms with Gasteiger partial charge in [-0.1, -0.05) is 42.1 Å². The first-order valence-electron chi connectivity index (χ1n) is 8.44. The van der Waals surface area contributed by atoms with E-state index in [-0.39, 0.29) is 11.8 Å². The third-order valence-corrected chi connectivity index (χ3v) is 5.06. The lowest BCUT2D eigenvalue weighted by atomic mass is 10.1. The van der Waals surface area contributed by atoms with Crippen molar-refractivity contribution in [3.05, 3.63) is 77.7 Å². The molecule has 2 aromatic carbocycles. The van der Waals surface area contributed by atoms with Gasteiger partial charge in [0.1, 0.15) is 6.33 Å². The molecule has 0 bridgehead atoms. The fourth-order valence-electron chi connectivity index (χ4n) is 2.68. The normalized spacial score (nSPS) is 10.7. The number of hydrazine groups is 1. The van der Waals surface area contributed by atoms with E-state index < -0.39 is 0 Å². The van der Waals surface area contributed by atoms with Crippen molar-refractivity contribution in [3.8, 4) is 0 Å². The van der Waals surface area contributed by atoms with Crippen LogP contribution in [0.2, 0.25) is 0 Å². The van der Waals surface area contributed by atoms with Gasteiger partial charge in [0.2, 0.25) is 0 Å². The van der Waals surface area contributed by atoms with Crippen molar-refractivity contribution in [1.29, 1.82) is 0 Å². The van der Waals surface area contributed by atoms with E-state index in [1.54, 1.807) is 18.3 Å². The summed E-state index contributed by atoms with van der Waals surface area (Å²) in [5.74, 6) is -0.0671. The van der Waals surface area contributed by atoms with Gasteiger partial charge in [0.05, 0.1) is 5.56 Å². The lowest BCUT2D eigenvalue weighted by Crippen LogP contribution is -2.41. The second-order valence-corrected chi connectivity index (χ2v) is 6.90. The molecule has 0 radical (unpaired) electrons. The first-order chi connectivity index (χ1) is 13.7. The molecule has 0 fully saturated rings. The Morgan fingerprint density at radius 1 is 1.00 bits per heavy atom. The molecule has 0 aliphatic heterocycles. The summed E-state index contributed by atoms with van der Waals surface area (Å²) in [5, 5.41) is 8.11. The highest BCUT2D eigenvalue weighted by molar-refractivity contribution is 7.98. The Hall–Kier alpha value is -3.59. The fraction of sp³-hybridized carbons (Fsp3) is 0.0526. The minimum Gasteiger partial charge on any atom is -0.360 e. The van der Waals surface area contributed by atoms with Gasteiger partial charge in [-0.25, -0.2) is 4.98 Å². The van der Waals surface area contributed by atoms with Gasteiger partial charge in [-0.2, -0.15) is 5.10 Å². The van der Waals surface area contributed by atoms with Crippen LogP contribution in [-0.4, -0.2) is 32.0 Å². The van der Waals surface area contributed by atoms with Crippen LogP contribution in [0.1, 0.15) is 26.3 Å². The van der Waals surface area contributed by atoms with E-state index in [0.717, 1.165) is 21.6 Å². The summed E-state index contributed by atoms with van der Waals surface area (Å²) in [5.41, 5.74) is 7.72. The number of hydrogen-bond acceptors (Lipinski definition) is 5. The summed E-state index contributed by atoms with van der Waals surface area (Å²) in [4.78, 5) is 31.7. The number of carbonyl (C=O) groups excluding carboxylic acids is 2. The zero-order chi connectivity index (χ0) is 19.3. The number of aromatic nitrogens is 4. The number of H-pyrrole nitrogens is 2. The zero-order valence-electron chi connectivity index (χ0n) is 14.6. The number of para-hydroxylation sites is 1. The maximum Gasteiger partial charge on any atom is 0.271 e. The van der Waals surface area contributed by atoms with Gasteiger partial charge in [0.25, 0.3) is 11.8 Å². The molecular formula is C19H16N6O2S. The van der Waals surface area contributed by atoms with Crippen molar-refractivity contribution in [2.24, 2.45) is 0 Å². The Morgan fingerprint density at radius 3 is 2.57 bits per heavy atom. The van der Waals surface area contributed by atoms with Gasteiger partial charge >= 0.3 is 0 Å². The molecule has 140 valence electrons. The van der Waals surface area contributed by atoms with E-state index in [9.17, 15) is 9.59 Å². The molecule has 28 heavy (non-hydrogen) atoms. The van der Waals surface area contributed by atoms with Crippen molar-refractivity contribution in [1.82, 2.24) is 31.0 Å². The van der Waals surface area contributed by atoms with Crippen LogP contribution in [-0.2, 0) is 5.75 Å². The topological polar surface area (TPSA) is 116 Å². The number of nitrogens with one attached hydrogen (secondary N) is 4. The van der Waals surface area contributed by atoms with Gasteiger partial charge in [-0.15, -0.1) is 0 Å². The number of carbonyl (C=O) groups is 2. The Kier molecular flexibility index (Phi) is 5.07. The first kappa shape index (κ1) is 17.8. The molecule has 0 saturated carbocycles. The Morgan fingerprint density at radius 2 is 1.79 bits per heavy atom. The molecule has 0 aliphatic rings. The van der Waals surface area contributed by atoms with Gasteiger partial charge < -0.3 is 4.98 Å². The van der Waals surface area contributed by atoms with E-state index in [1.807, 2.05) is 36.4 Å². The molecule has 2 heterocycles. The molecule has 4 N–H and O–H groups in total. The maximum absolute atomic E-state index is 12.3. The van der Waals surface area contributed by atoms with Crippen LogP contribution in [0.4, 0.5) is 0 Å². The van der Waals surface area contributed by atoms with E-state index >= 15 is 0 Å². The number of fused-ring (bicyclic) bond motifs is 1. The quantitative estimate of drug-likeness (QED) is 0.308. The third-order valence-electron chi connectivity index (χ3n) is 4.11. The predicted molar refractivity (Wildman–Crippen MR) is 106 cm³/mol. The van der Waals surface area contributed by atoms with Crippen molar-refractivity contribution in [2.75, 3.05) is 0 Å². The molecule has 4 rings (SSSR count). The molecule has 4 aromatic rings. The summed E-state index contributed by atoms with van der Waals surface area (Å²) in [6.07, 6.45) is 3.08. The highest BCUT2D eigenvalue weighted by atomic mass is 32.2. The average Bonchev–Trinajstić information content (AvgIpc) is 3.40. The fourth-order valence-corrected chi connectivity index (χ4v) is 3.42. The minimum absolute atomic E-state index is 0.383. The Labute approximate surface area is 164 Å². The monoisotopic (exact) mass is 392 g/mol. The van der Waals surface area contributed by atoms with E-state index in [4.69, 9.17) is 0 Å². The number of amides is 2. The minimum atomic E-state index is -0.386. The maximum atomic E-state index is 12.3. The number of nitrogens with zero attached hydrogens (tertiary/aromatic N) is 2. The first-order valence-corrected chi connectivity index (χ1v) is 9.43. The molecule has 0 spiro atoms. The Balaban J connectivity index is 1.33. The highest BCUT2D eigenvalue weighted by Crippen LogP contribution is 2.19.